The van der Waals surface area contributed by atoms with E-state index in [0.717, 1.165) is 29.3 Å². The first kappa shape index (κ1) is 16.1. The zero-order chi connectivity index (χ0) is 18.4. The lowest BCUT2D eigenvalue weighted by atomic mass is 9.89. The maximum Gasteiger partial charge on any atom is 0.256 e. The van der Waals surface area contributed by atoms with Crippen LogP contribution in [0.15, 0.2) is 48.9 Å². The standard InChI is InChI=1S/C21H19FN4O/c22-18-16(4-3-14-5-9-23-19(14)18)21(27)26-10-6-13(7-11-26)17-12-25-20-15(17)2-1-8-24-20/h1-5,8-9,12-13,23H,6-7,10-11H2,(H,24,25). The number of benzene rings is 1. The summed E-state index contributed by atoms with van der Waals surface area (Å²) in [5.41, 5.74) is 2.68. The van der Waals surface area contributed by atoms with E-state index in [0.29, 0.717) is 24.5 Å². The largest absolute Gasteiger partial charge is 0.359 e. The molecule has 1 amide bonds. The molecule has 0 aliphatic carbocycles. The van der Waals surface area contributed by atoms with Gasteiger partial charge in [-0.3, -0.25) is 4.79 Å². The molecule has 1 aromatic carbocycles. The van der Waals surface area contributed by atoms with Crippen molar-refractivity contribution in [2.75, 3.05) is 13.1 Å². The molecule has 27 heavy (non-hydrogen) atoms. The van der Waals surface area contributed by atoms with Crippen LogP contribution >= 0.6 is 0 Å². The highest BCUT2D eigenvalue weighted by Gasteiger charge is 2.28. The summed E-state index contributed by atoms with van der Waals surface area (Å²) >= 11 is 0. The van der Waals surface area contributed by atoms with Crippen molar-refractivity contribution >= 4 is 27.8 Å². The summed E-state index contributed by atoms with van der Waals surface area (Å²) in [6.07, 6.45) is 7.21. The van der Waals surface area contributed by atoms with E-state index in [9.17, 15) is 9.18 Å². The fourth-order valence-electron chi connectivity index (χ4n) is 4.14. The maximum atomic E-state index is 14.7. The third-order valence-electron chi connectivity index (χ3n) is 5.60. The Balaban J connectivity index is 1.35. The van der Waals surface area contributed by atoms with Crippen LogP contribution < -0.4 is 0 Å². The SMILES string of the molecule is O=C(c1ccc2cc[nH]c2c1F)N1CCC(c2c[nH]c3ncccc23)CC1. The number of carbonyl (C=O) groups excluding carboxylic acids is 1. The minimum atomic E-state index is -0.465. The predicted octanol–water partition coefficient (Wildman–Crippen LogP) is 4.20. The van der Waals surface area contributed by atoms with Crippen molar-refractivity contribution in [3.63, 3.8) is 0 Å². The van der Waals surface area contributed by atoms with Crippen LogP contribution in [0.4, 0.5) is 4.39 Å². The zero-order valence-electron chi connectivity index (χ0n) is 14.7. The van der Waals surface area contributed by atoms with Gasteiger partial charge in [0.2, 0.25) is 0 Å². The van der Waals surface area contributed by atoms with Crippen molar-refractivity contribution in [3.05, 3.63) is 65.9 Å². The second-order valence-corrected chi connectivity index (χ2v) is 7.08. The van der Waals surface area contributed by atoms with Crippen molar-refractivity contribution < 1.29 is 9.18 Å². The molecule has 4 aromatic rings. The fraction of sp³-hybridized carbons (Fsp3) is 0.238. The number of hydrogen-bond acceptors (Lipinski definition) is 2. The van der Waals surface area contributed by atoms with Gasteiger partial charge in [-0.25, -0.2) is 9.37 Å². The van der Waals surface area contributed by atoms with E-state index in [1.807, 2.05) is 12.3 Å². The molecule has 6 heteroatoms. The second-order valence-electron chi connectivity index (χ2n) is 7.08. The summed E-state index contributed by atoms with van der Waals surface area (Å²) in [5.74, 6) is -0.321. The van der Waals surface area contributed by atoms with Gasteiger partial charge >= 0.3 is 0 Å². The minimum Gasteiger partial charge on any atom is -0.359 e. The number of likely N-dealkylation sites (tertiary alicyclic amines) is 1. The third kappa shape index (κ3) is 2.60. The van der Waals surface area contributed by atoms with Crippen LogP contribution in [0, 0.1) is 5.82 Å². The molecular weight excluding hydrogens is 343 g/mol. The topological polar surface area (TPSA) is 64.8 Å². The van der Waals surface area contributed by atoms with E-state index in [1.54, 1.807) is 35.5 Å². The number of nitrogens with one attached hydrogen (secondary N) is 2. The first-order valence-electron chi connectivity index (χ1n) is 9.19. The zero-order valence-corrected chi connectivity index (χ0v) is 14.7. The Morgan fingerprint density at radius 1 is 1.15 bits per heavy atom. The molecule has 4 heterocycles. The second kappa shape index (κ2) is 6.23. The van der Waals surface area contributed by atoms with Gasteiger partial charge in [0.25, 0.3) is 5.91 Å². The Bertz CT molecular complexity index is 1140. The Morgan fingerprint density at radius 2 is 2.00 bits per heavy atom. The van der Waals surface area contributed by atoms with Crippen molar-refractivity contribution in [1.82, 2.24) is 19.9 Å². The summed E-state index contributed by atoms with van der Waals surface area (Å²) in [6.45, 7) is 1.25. The molecule has 1 aliphatic rings. The molecule has 3 aromatic heterocycles. The van der Waals surface area contributed by atoms with Gasteiger partial charge in [-0.15, -0.1) is 0 Å². The molecular formula is C21H19FN4O. The number of rotatable bonds is 2. The Hall–Kier alpha value is -3.15. The van der Waals surface area contributed by atoms with Crippen molar-refractivity contribution in [2.45, 2.75) is 18.8 Å². The lowest BCUT2D eigenvalue weighted by Gasteiger charge is -2.32. The monoisotopic (exact) mass is 362 g/mol. The van der Waals surface area contributed by atoms with Crippen LogP contribution in [-0.4, -0.2) is 38.8 Å². The Morgan fingerprint density at radius 3 is 2.85 bits per heavy atom. The molecule has 5 rings (SSSR count). The summed E-state index contributed by atoms with van der Waals surface area (Å²) in [7, 11) is 0. The number of hydrogen-bond donors (Lipinski definition) is 2. The molecule has 136 valence electrons. The van der Waals surface area contributed by atoms with Gasteiger partial charge in [-0.2, -0.15) is 0 Å². The van der Waals surface area contributed by atoms with E-state index >= 15 is 0 Å². The van der Waals surface area contributed by atoms with Gasteiger partial charge < -0.3 is 14.9 Å². The highest BCUT2D eigenvalue weighted by atomic mass is 19.1. The predicted molar refractivity (Wildman–Crippen MR) is 102 cm³/mol. The lowest BCUT2D eigenvalue weighted by Crippen LogP contribution is -2.38. The van der Waals surface area contributed by atoms with Crippen LogP contribution in [0.2, 0.25) is 0 Å². The molecule has 0 radical (unpaired) electrons. The van der Waals surface area contributed by atoms with E-state index in [1.165, 1.54) is 5.56 Å². The van der Waals surface area contributed by atoms with Crippen LogP contribution in [0.1, 0.15) is 34.7 Å². The van der Waals surface area contributed by atoms with E-state index < -0.39 is 5.82 Å². The average molecular weight is 362 g/mol. The molecule has 5 nitrogen and oxygen atoms in total. The number of aromatic nitrogens is 3. The molecule has 0 unspecified atom stereocenters. The highest BCUT2D eigenvalue weighted by Crippen LogP contribution is 2.33. The van der Waals surface area contributed by atoms with Crippen molar-refractivity contribution in [1.29, 1.82) is 0 Å². The summed E-state index contributed by atoms with van der Waals surface area (Å²) in [4.78, 5) is 25.0. The Kier molecular flexibility index (Phi) is 3.70. The maximum absolute atomic E-state index is 14.7. The van der Waals surface area contributed by atoms with Crippen LogP contribution in [-0.2, 0) is 0 Å². The van der Waals surface area contributed by atoms with Gasteiger partial charge in [0, 0.05) is 42.5 Å². The van der Waals surface area contributed by atoms with Gasteiger partial charge in [-0.05, 0) is 48.6 Å². The number of pyridine rings is 1. The van der Waals surface area contributed by atoms with Gasteiger partial charge in [0.1, 0.15) is 5.65 Å². The average Bonchev–Trinajstić information content (AvgIpc) is 3.35. The number of halogens is 1. The molecule has 1 aliphatic heterocycles. The molecule has 0 atom stereocenters. The number of nitrogens with zero attached hydrogens (tertiary/aromatic N) is 2. The normalized spacial score (nSPS) is 15.7. The highest BCUT2D eigenvalue weighted by molar-refractivity contribution is 5.98. The summed E-state index contributed by atoms with van der Waals surface area (Å²) < 4.78 is 14.7. The van der Waals surface area contributed by atoms with Gasteiger partial charge in [0.05, 0.1) is 11.1 Å². The van der Waals surface area contributed by atoms with E-state index in [-0.39, 0.29) is 11.5 Å². The van der Waals surface area contributed by atoms with Crippen LogP contribution in [0.25, 0.3) is 21.9 Å². The number of amides is 1. The van der Waals surface area contributed by atoms with Crippen LogP contribution in [0.5, 0.6) is 0 Å². The molecule has 0 bridgehead atoms. The number of H-pyrrole nitrogens is 2. The number of aromatic amines is 2. The molecule has 0 spiro atoms. The summed E-state index contributed by atoms with van der Waals surface area (Å²) in [6, 6.07) is 9.19. The number of fused-ring (bicyclic) bond motifs is 2. The lowest BCUT2D eigenvalue weighted by molar-refractivity contribution is 0.0709. The molecule has 1 saturated heterocycles. The minimum absolute atomic E-state index is 0.139. The molecule has 0 saturated carbocycles. The molecule has 1 fully saturated rings. The number of piperidine rings is 1. The first-order chi connectivity index (χ1) is 13.2. The van der Waals surface area contributed by atoms with Crippen LogP contribution in [0.3, 0.4) is 0 Å². The van der Waals surface area contributed by atoms with E-state index in [4.69, 9.17) is 0 Å². The first-order valence-corrected chi connectivity index (χ1v) is 9.19. The Labute approximate surface area is 155 Å². The number of carbonyl (C=O) groups is 1. The third-order valence-corrected chi connectivity index (χ3v) is 5.60. The van der Waals surface area contributed by atoms with Crippen molar-refractivity contribution in [2.24, 2.45) is 0 Å². The fourth-order valence-corrected chi connectivity index (χ4v) is 4.14. The van der Waals surface area contributed by atoms with E-state index in [2.05, 4.69) is 21.0 Å². The van der Waals surface area contributed by atoms with Gasteiger partial charge in [0.15, 0.2) is 5.82 Å². The summed E-state index contributed by atoms with van der Waals surface area (Å²) in [5, 5.41) is 1.92. The van der Waals surface area contributed by atoms with Crippen molar-refractivity contribution in [3.8, 4) is 0 Å². The van der Waals surface area contributed by atoms with Gasteiger partial charge in [-0.1, -0.05) is 6.07 Å². The quantitative estimate of drug-likeness (QED) is 0.561. The smallest absolute Gasteiger partial charge is 0.256 e. The molecule has 2 N–H and O–H groups in total.